The van der Waals surface area contributed by atoms with E-state index >= 15 is 0 Å². The third-order valence-corrected chi connectivity index (χ3v) is 3.35. The summed E-state index contributed by atoms with van der Waals surface area (Å²) in [6, 6.07) is 0.121. The fraction of sp³-hybridized carbons (Fsp3) is 0.900. The van der Waals surface area contributed by atoms with E-state index < -0.39 is 0 Å². The third-order valence-electron chi connectivity index (χ3n) is 2.45. The van der Waals surface area contributed by atoms with E-state index in [4.69, 9.17) is 0 Å². The Morgan fingerprint density at radius 3 is 2.71 bits per heavy atom. The third kappa shape index (κ3) is 3.78. The van der Waals surface area contributed by atoms with Gasteiger partial charge in [-0.05, 0) is 30.8 Å². The molecule has 0 aliphatic carbocycles. The van der Waals surface area contributed by atoms with Gasteiger partial charge < -0.3 is 10.2 Å². The topological polar surface area (TPSA) is 32.3 Å². The maximum atomic E-state index is 11.6. The first-order valence-corrected chi connectivity index (χ1v) is 6.65. The van der Waals surface area contributed by atoms with E-state index in [9.17, 15) is 4.79 Å². The summed E-state index contributed by atoms with van der Waals surface area (Å²) < 4.78 is 0. The van der Waals surface area contributed by atoms with E-state index in [2.05, 4.69) is 18.5 Å². The summed E-state index contributed by atoms with van der Waals surface area (Å²) in [5, 5.41) is 2.98. The van der Waals surface area contributed by atoms with Crippen molar-refractivity contribution in [3.05, 3.63) is 0 Å². The molecule has 1 aliphatic rings. The van der Waals surface area contributed by atoms with E-state index in [1.54, 1.807) is 0 Å². The standard InChI is InChI=1S/C10H20N2OS/c1-9(8-14-2)7-11-10(13)12-5-3-4-6-12/h9H,3-8H2,1-2H3,(H,11,13). The Bertz CT molecular complexity index is 181. The second kappa shape index (κ2) is 6.17. The quantitative estimate of drug-likeness (QED) is 0.777. The van der Waals surface area contributed by atoms with Crippen molar-refractivity contribution in [2.24, 2.45) is 5.92 Å². The average Bonchev–Trinajstić information content (AvgIpc) is 2.67. The van der Waals surface area contributed by atoms with Gasteiger partial charge in [-0.15, -0.1) is 0 Å². The first-order chi connectivity index (χ1) is 6.74. The number of urea groups is 1. The Kier molecular flexibility index (Phi) is 5.15. The van der Waals surface area contributed by atoms with Crippen molar-refractivity contribution in [1.82, 2.24) is 10.2 Å². The molecular weight excluding hydrogens is 196 g/mol. The molecule has 1 unspecified atom stereocenters. The minimum atomic E-state index is 0.121. The lowest BCUT2D eigenvalue weighted by atomic mass is 10.2. The molecule has 1 heterocycles. The van der Waals surface area contributed by atoms with E-state index in [-0.39, 0.29) is 6.03 Å². The first kappa shape index (κ1) is 11.7. The summed E-state index contributed by atoms with van der Waals surface area (Å²) in [4.78, 5) is 13.5. The number of nitrogens with one attached hydrogen (secondary N) is 1. The Morgan fingerprint density at radius 1 is 1.50 bits per heavy atom. The van der Waals surface area contributed by atoms with Gasteiger partial charge in [0, 0.05) is 19.6 Å². The molecule has 4 heteroatoms. The number of amides is 2. The van der Waals surface area contributed by atoms with Crippen LogP contribution in [0.25, 0.3) is 0 Å². The molecule has 0 aromatic carbocycles. The van der Waals surface area contributed by atoms with Crippen LogP contribution in [0.15, 0.2) is 0 Å². The van der Waals surface area contributed by atoms with Crippen molar-refractivity contribution in [1.29, 1.82) is 0 Å². The summed E-state index contributed by atoms with van der Waals surface area (Å²) >= 11 is 1.83. The Balaban J connectivity index is 2.13. The number of hydrogen-bond donors (Lipinski definition) is 1. The number of carbonyl (C=O) groups excluding carboxylic acids is 1. The number of rotatable bonds is 4. The second-order valence-corrected chi connectivity index (χ2v) is 4.85. The molecular formula is C10H20N2OS. The van der Waals surface area contributed by atoms with Crippen molar-refractivity contribution in [3.8, 4) is 0 Å². The van der Waals surface area contributed by atoms with Gasteiger partial charge in [-0.2, -0.15) is 11.8 Å². The van der Waals surface area contributed by atoms with Crippen molar-refractivity contribution in [2.45, 2.75) is 19.8 Å². The maximum Gasteiger partial charge on any atom is 0.317 e. The van der Waals surface area contributed by atoms with Gasteiger partial charge in [-0.1, -0.05) is 6.92 Å². The summed E-state index contributed by atoms with van der Waals surface area (Å²) in [5.41, 5.74) is 0. The molecule has 1 saturated heterocycles. The van der Waals surface area contributed by atoms with E-state index in [0.29, 0.717) is 5.92 Å². The van der Waals surface area contributed by atoms with Gasteiger partial charge in [0.2, 0.25) is 0 Å². The summed E-state index contributed by atoms with van der Waals surface area (Å²) in [7, 11) is 0. The van der Waals surface area contributed by atoms with Gasteiger partial charge in [0.05, 0.1) is 0 Å². The van der Waals surface area contributed by atoms with Crippen LogP contribution in [0.1, 0.15) is 19.8 Å². The summed E-state index contributed by atoms with van der Waals surface area (Å²) in [6.45, 7) is 4.84. The molecule has 0 aromatic heterocycles. The highest BCUT2D eigenvalue weighted by molar-refractivity contribution is 7.98. The largest absolute Gasteiger partial charge is 0.338 e. The van der Waals surface area contributed by atoms with Crippen molar-refractivity contribution >= 4 is 17.8 Å². The molecule has 1 rings (SSSR count). The van der Waals surface area contributed by atoms with Crippen molar-refractivity contribution in [2.75, 3.05) is 31.6 Å². The molecule has 0 saturated carbocycles. The summed E-state index contributed by atoms with van der Waals surface area (Å²) in [6.07, 6.45) is 4.42. The van der Waals surface area contributed by atoms with Crippen LogP contribution in [0.3, 0.4) is 0 Å². The first-order valence-electron chi connectivity index (χ1n) is 5.25. The minimum Gasteiger partial charge on any atom is -0.338 e. The normalized spacial score (nSPS) is 18.3. The molecule has 0 radical (unpaired) electrons. The van der Waals surface area contributed by atoms with Crippen molar-refractivity contribution < 1.29 is 4.79 Å². The Morgan fingerprint density at radius 2 is 2.14 bits per heavy atom. The van der Waals surface area contributed by atoms with E-state index in [1.165, 1.54) is 0 Å². The average molecular weight is 216 g/mol. The lowest BCUT2D eigenvalue weighted by Crippen LogP contribution is -2.40. The minimum absolute atomic E-state index is 0.121. The van der Waals surface area contributed by atoms with Gasteiger partial charge in [0.1, 0.15) is 0 Å². The lowest BCUT2D eigenvalue weighted by molar-refractivity contribution is 0.207. The van der Waals surface area contributed by atoms with Gasteiger partial charge in [-0.3, -0.25) is 0 Å². The Hall–Kier alpha value is -0.380. The lowest BCUT2D eigenvalue weighted by Gasteiger charge is -2.18. The highest BCUT2D eigenvalue weighted by atomic mass is 32.2. The molecule has 14 heavy (non-hydrogen) atoms. The number of nitrogens with zero attached hydrogens (tertiary/aromatic N) is 1. The zero-order valence-electron chi connectivity index (χ0n) is 9.08. The van der Waals surface area contributed by atoms with Gasteiger partial charge in [0.25, 0.3) is 0 Å². The second-order valence-electron chi connectivity index (χ2n) is 3.94. The van der Waals surface area contributed by atoms with Crippen molar-refractivity contribution in [3.63, 3.8) is 0 Å². The van der Waals surface area contributed by atoms with Gasteiger partial charge in [0.15, 0.2) is 0 Å². The van der Waals surface area contributed by atoms with Crippen LogP contribution < -0.4 is 5.32 Å². The molecule has 1 N–H and O–H groups in total. The predicted molar refractivity (Wildman–Crippen MR) is 61.8 cm³/mol. The molecule has 2 amide bonds. The Labute approximate surface area is 90.6 Å². The van der Waals surface area contributed by atoms with E-state index in [1.807, 2.05) is 16.7 Å². The van der Waals surface area contributed by atoms with Crippen LogP contribution in [0.4, 0.5) is 4.79 Å². The predicted octanol–water partition coefficient (Wildman–Crippen LogP) is 1.79. The number of carbonyl (C=O) groups is 1. The molecule has 82 valence electrons. The van der Waals surface area contributed by atoms with Crippen LogP contribution in [0, 0.1) is 5.92 Å². The molecule has 3 nitrogen and oxygen atoms in total. The number of hydrogen-bond acceptors (Lipinski definition) is 2. The zero-order valence-corrected chi connectivity index (χ0v) is 9.90. The molecule has 0 spiro atoms. The molecule has 1 aliphatic heterocycles. The van der Waals surface area contributed by atoms with Crippen LogP contribution in [-0.4, -0.2) is 42.6 Å². The maximum absolute atomic E-state index is 11.6. The van der Waals surface area contributed by atoms with Crippen LogP contribution in [-0.2, 0) is 0 Å². The van der Waals surface area contributed by atoms with Crippen LogP contribution in [0.5, 0.6) is 0 Å². The molecule has 0 bridgehead atoms. The van der Waals surface area contributed by atoms with Gasteiger partial charge >= 0.3 is 6.03 Å². The molecule has 1 fully saturated rings. The SMILES string of the molecule is CSCC(C)CNC(=O)N1CCCC1. The van der Waals surface area contributed by atoms with Gasteiger partial charge in [-0.25, -0.2) is 4.79 Å². The summed E-state index contributed by atoms with van der Waals surface area (Å²) in [5.74, 6) is 1.68. The number of likely N-dealkylation sites (tertiary alicyclic amines) is 1. The smallest absolute Gasteiger partial charge is 0.317 e. The highest BCUT2D eigenvalue weighted by Crippen LogP contribution is 2.07. The van der Waals surface area contributed by atoms with E-state index in [0.717, 1.165) is 38.2 Å². The monoisotopic (exact) mass is 216 g/mol. The van der Waals surface area contributed by atoms with Crippen LogP contribution in [0.2, 0.25) is 0 Å². The molecule has 0 aromatic rings. The molecule has 1 atom stereocenters. The number of thioether (sulfide) groups is 1. The highest BCUT2D eigenvalue weighted by Gasteiger charge is 2.17. The zero-order chi connectivity index (χ0) is 10.4. The fourth-order valence-electron chi connectivity index (χ4n) is 1.64. The van der Waals surface area contributed by atoms with Crippen LogP contribution >= 0.6 is 11.8 Å². The fourth-order valence-corrected chi connectivity index (χ4v) is 2.32.